The van der Waals surface area contributed by atoms with Crippen molar-refractivity contribution < 1.29 is 14.0 Å². The van der Waals surface area contributed by atoms with Crippen molar-refractivity contribution >= 4 is 12.7 Å². The standard InChI is InChI=1S/C12H21BN2O3/c1-7-15-8-9(14-10(15)16-6)13-17-11(2,3)12(4,5)18-13/h8H,7H2,1-6H3. The number of aryl methyl sites for hydroxylation is 1. The Labute approximate surface area is 109 Å². The van der Waals surface area contributed by atoms with Crippen molar-refractivity contribution in [3.8, 4) is 6.01 Å². The zero-order valence-corrected chi connectivity index (χ0v) is 12.0. The highest BCUT2D eigenvalue weighted by atomic mass is 16.7. The molecular formula is C12H21BN2O3. The van der Waals surface area contributed by atoms with E-state index >= 15 is 0 Å². The van der Waals surface area contributed by atoms with E-state index in [2.05, 4.69) is 4.98 Å². The van der Waals surface area contributed by atoms with Crippen LogP contribution in [0.2, 0.25) is 0 Å². The first kappa shape index (κ1) is 13.4. The fraction of sp³-hybridized carbons (Fsp3) is 0.750. The predicted octanol–water partition coefficient (Wildman–Crippen LogP) is 1.21. The normalized spacial score (nSPS) is 21.3. The van der Waals surface area contributed by atoms with Gasteiger partial charge in [-0.15, -0.1) is 0 Å². The van der Waals surface area contributed by atoms with Gasteiger partial charge in [0.1, 0.15) is 0 Å². The maximum Gasteiger partial charge on any atom is 0.516 e. The second-order valence-electron chi connectivity index (χ2n) is 5.53. The lowest BCUT2D eigenvalue weighted by Crippen LogP contribution is -2.41. The predicted molar refractivity (Wildman–Crippen MR) is 70.2 cm³/mol. The summed E-state index contributed by atoms with van der Waals surface area (Å²) in [5, 5.41) is 0. The van der Waals surface area contributed by atoms with E-state index in [9.17, 15) is 0 Å². The summed E-state index contributed by atoms with van der Waals surface area (Å²) >= 11 is 0. The van der Waals surface area contributed by atoms with Crippen LogP contribution in [0.1, 0.15) is 34.6 Å². The molecule has 0 radical (unpaired) electrons. The average Bonchev–Trinajstić information content (AvgIpc) is 2.78. The van der Waals surface area contributed by atoms with Crippen LogP contribution < -0.4 is 10.3 Å². The van der Waals surface area contributed by atoms with E-state index in [4.69, 9.17) is 14.0 Å². The molecule has 1 fully saturated rings. The number of hydrogen-bond acceptors (Lipinski definition) is 4. The van der Waals surface area contributed by atoms with Crippen LogP contribution in [0, 0.1) is 0 Å². The van der Waals surface area contributed by atoms with E-state index in [1.807, 2.05) is 45.4 Å². The van der Waals surface area contributed by atoms with E-state index < -0.39 is 7.12 Å². The molecule has 1 saturated heterocycles. The highest BCUT2D eigenvalue weighted by Crippen LogP contribution is 2.36. The number of nitrogens with zero attached hydrogens (tertiary/aromatic N) is 2. The SMILES string of the molecule is CCn1cc(B2OC(C)(C)C(C)(C)O2)nc1OC. The van der Waals surface area contributed by atoms with Gasteiger partial charge in [0.25, 0.3) is 6.01 Å². The van der Waals surface area contributed by atoms with Crippen LogP contribution in [-0.4, -0.2) is 35.0 Å². The second-order valence-corrected chi connectivity index (χ2v) is 5.53. The Morgan fingerprint density at radius 1 is 1.28 bits per heavy atom. The highest BCUT2D eigenvalue weighted by Gasteiger charge is 2.52. The molecule has 0 N–H and O–H groups in total. The molecular weight excluding hydrogens is 231 g/mol. The molecule has 1 aromatic heterocycles. The van der Waals surface area contributed by atoms with Crippen molar-refractivity contribution in [3.05, 3.63) is 6.20 Å². The molecule has 5 nitrogen and oxygen atoms in total. The fourth-order valence-corrected chi connectivity index (χ4v) is 1.89. The summed E-state index contributed by atoms with van der Waals surface area (Å²) in [5.74, 6) is 0. The first-order valence-corrected chi connectivity index (χ1v) is 6.27. The van der Waals surface area contributed by atoms with Crippen LogP contribution in [0.4, 0.5) is 0 Å². The van der Waals surface area contributed by atoms with E-state index in [1.165, 1.54) is 0 Å². The van der Waals surface area contributed by atoms with Gasteiger partial charge in [-0.3, -0.25) is 0 Å². The summed E-state index contributed by atoms with van der Waals surface area (Å²) < 4.78 is 19.1. The first-order valence-electron chi connectivity index (χ1n) is 6.27. The molecule has 0 amide bonds. The van der Waals surface area contributed by atoms with Crippen LogP contribution in [0.15, 0.2) is 6.20 Å². The number of imidazole rings is 1. The number of ether oxygens (including phenoxy) is 1. The zero-order valence-electron chi connectivity index (χ0n) is 12.0. The Morgan fingerprint density at radius 2 is 1.83 bits per heavy atom. The summed E-state index contributed by atoms with van der Waals surface area (Å²) in [6, 6.07) is 0.585. The summed E-state index contributed by atoms with van der Waals surface area (Å²) in [4.78, 5) is 4.40. The lowest BCUT2D eigenvalue weighted by atomic mass is 9.86. The summed E-state index contributed by atoms with van der Waals surface area (Å²) in [5.41, 5.74) is 0.0641. The molecule has 18 heavy (non-hydrogen) atoms. The smallest absolute Gasteiger partial charge is 0.468 e. The van der Waals surface area contributed by atoms with E-state index in [0.717, 1.165) is 12.1 Å². The van der Waals surface area contributed by atoms with Crippen LogP contribution in [0.25, 0.3) is 0 Å². The summed E-state index contributed by atoms with van der Waals surface area (Å²) in [7, 11) is 1.18. The third kappa shape index (κ3) is 2.03. The van der Waals surface area contributed by atoms with E-state index in [1.54, 1.807) is 7.11 Å². The van der Waals surface area contributed by atoms with Gasteiger partial charge >= 0.3 is 7.12 Å². The van der Waals surface area contributed by atoms with Gasteiger partial charge < -0.3 is 18.6 Å². The molecule has 0 aromatic carbocycles. The molecule has 0 aliphatic carbocycles. The molecule has 1 aliphatic rings. The Hall–Kier alpha value is -1.01. The minimum atomic E-state index is -0.434. The second kappa shape index (κ2) is 4.28. The van der Waals surface area contributed by atoms with Crippen LogP contribution >= 0.6 is 0 Å². The average molecular weight is 252 g/mol. The number of rotatable bonds is 3. The highest BCUT2D eigenvalue weighted by molar-refractivity contribution is 6.61. The Morgan fingerprint density at radius 3 is 2.22 bits per heavy atom. The van der Waals surface area contributed by atoms with Crippen LogP contribution in [0.5, 0.6) is 6.01 Å². The monoisotopic (exact) mass is 252 g/mol. The van der Waals surface area contributed by atoms with Gasteiger partial charge in [-0.1, -0.05) is 0 Å². The molecule has 1 aromatic rings. The van der Waals surface area contributed by atoms with E-state index in [0.29, 0.717) is 6.01 Å². The Bertz CT molecular complexity index is 405. The maximum atomic E-state index is 5.95. The molecule has 0 saturated carbocycles. The number of hydrogen-bond donors (Lipinski definition) is 0. The zero-order chi connectivity index (χ0) is 13.6. The van der Waals surface area contributed by atoms with Crippen molar-refractivity contribution in [1.29, 1.82) is 0 Å². The summed E-state index contributed by atoms with van der Waals surface area (Å²) in [6.07, 6.45) is 1.92. The molecule has 1 aliphatic heterocycles. The molecule has 0 atom stereocenters. The number of aromatic nitrogens is 2. The van der Waals surface area contributed by atoms with Crippen molar-refractivity contribution in [1.82, 2.24) is 9.55 Å². The molecule has 6 heteroatoms. The van der Waals surface area contributed by atoms with E-state index in [-0.39, 0.29) is 11.2 Å². The van der Waals surface area contributed by atoms with Crippen molar-refractivity contribution in [2.45, 2.75) is 52.4 Å². The van der Waals surface area contributed by atoms with Crippen molar-refractivity contribution in [3.63, 3.8) is 0 Å². The Balaban J connectivity index is 2.27. The summed E-state index contributed by atoms with van der Waals surface area (Å²) in [6.45, 7) is 11.0. The third-order valence-electron chi connectivity index (χ3n) is 3.78. The van der Waals surface area contributed by atoms with Gasteiger partial charge in [-0.05, 0) is 34.6 Å². The largest absolute Gasteiger partial charge is 0.516 e. The van der Waals surface area contributed by atoms with Crippen molar-refractivity contribution in [2.24, 2.45) is 0 Å². The molecule has 0 unspecified atom stereocenters. The maximum absolute atomic E-state index is 5.95. The third-order valence-corrected chi connectivity index (χ3v) is 3.78. The minimum Gasteiger partial charge on any atom is -0.468 e. The van der Waals surface area contributed by atoms with Gasteiger partial charge in [-0.2, -0.15) is 0 Å². The van der Waals surface area contributed by atoms with Gasteiger partial charge in [-0.25, -0.2) is 4.98 Å². The van der Waals surface area contributed by atoms with Crippen LogP contribution in [0.3, 0.4) is 0 Å². The van der Waals surface area contributed by atoms with Gasteiger partial charge in [0.05, 0.1) is 23.9 Å². The van der Waals surface area contributed by atoms with Gasteiger partial charge in [0.15, 0.2) is 0 Å². The number of methoxy groups -OCH3 is 1. The minimum absolute atomic E-state index is 0.346. The molecule has 0 spiro atoms. The first-order chi connectivity index (χ1) is 8.30. The topological polar surface area (TPSA) is 45.5 Å². The molecule has 2 rings (SSSR count). The van der Waals surface area contributed by atoms with Gasteiger partial charge in [0.2, 0.25) is 0 Å². The molecule has 100 valence electrons. The fourth-order valence-electron chi connectivity index (χ4n) is 1.89. The molecule has 2 heterocycles. The van der Waals surface area contributed by atoms with Crippen LogP contribution in [-0.2, 0) is 15.9 Å². The van der Waals surface area contributed by atoms with Crippen molar-refractivity contribution in [2.75, 3.05) is 7.11 Å². The Kier molecular flexibility index (Phi) is 3.19. The molecule has 0 bridgehead atoms. The lowest BCUT2D eigenvalue weighted by Gasteiger charge is -2.32. The quantitative estimate of drug-likeness (QED) is 0.758. The lowest BCUT2D eigenvalue weighted by molar-refractivity contribution is 0.00578. The van der Waals surface area contributed by atoms with Gasteiger partial charge in [0, 0.05) is 12.7 Å².